The van der Waals surface area contributed by atoms with E-state index in [1.165, 1.54) is 32.6 Å². The summed E-state index contributed by atoms with van der Waals surface area (Å²) in [6.45, 7) is 8.46. The van der Waals surface area contributed by atoms with Gasteiger partial charge in [-0.05, 0) is 25.7 Å². The molecule has 0 aliphatic heterocycles. The van der Waals surface area contributed by atoms with Crippen LogP contribution >= 0.6 is 0 Å². The predicted molar refractivity (Wildman–Crippen MR) is 88.6 cm³/mol. The Kier molecular flexibility index (Phi) is 4.52. The van der Waals surface area contributed by atoms with Crippen molar-refractivity contribution in [3.8, 4) is 0 Å². The van der Waals surface area contributed by atoms with Crippen molar-refractivity contribution in [3.63, 3.8) is 0 Å². The molecule has 0 atom stereocenters. The lowest BCUT2D eigenvalue weighted by Crippen LogP contribution is -2.02. The Hall–Kier alpha value is -2.48. The number of fused-ring (bicyclic) bond motifs is 1. The first-order valence-electron chi connectivity index (χ1n) is 8.08. The molecule has 1 aliphatic carbocycles. The van der Waals surface area contributed by atoms with Crippen LogP contribution in [0.3, 0.4) is 0 Å². The van der Waals surface area contributed by atoms with Gasteiger partial charge in [-0.15, -0.1) is 0 Å². The van der Waals surface area contributed by atoms with Gasteiger partial charge in [0.25, 0.3) is 0 Å². The number of aromatic amines is 1. The van der Waals surface area contributed by atoms with Gasteiger partial charge < -0.3 is 9.78 Å². The van der Waals surface area contributed by atoms with Crippen LogP contribution in [0.4, 0.5) is 0 Å². The van der Waals surface area contributed by atoms with Crippen LogP contribution in [0.5, 0.6) is 0 Å². The fourth-order valence-electron chi connectivity index (χ4n) is 3.22. The summed E-state index contributed by atoms with van der Waals surface area (Å²) in [5.41, 5.74) is 3.80. The number of H-pyrrole nitrogens is 1. The van der Waals surface area contributed by atoms with Gasteiger partial charge in [-0.2, -0.15) is 0 Å². The molecule has 0 unspecified atom stereocenters. The molecular weight excluding hydrogens is 288 g/mol. The summed E-state index contributed by atoms with van der Waals surface area (Å²) in [6.07, 6.45) is 12.1. The minimum absolute atomic E-state index is 0.175. The van der Waals surface area contributed by atoms with E-state index < -0.39 is 0 Å². The zero-order chi connectivity index (χ0) is 16.2. The Morgan fingerprint density at radius 3 is 2.96 bits per heavy atom. The molecule has 5 heteroatoms. The molecule has 23 heavy (non-hydrogen) atoms. The van der Waals surface area contributed by atoms with Crippen molar-refractivity contribution in [2.45, 2.75) is 45.4 Å². The molecule has 2 aromatic heterocycles. The molecule has 1 fully saturated rings. The molecule has 0 amide bonds. The molecule has 1 N–H and O–H groups in total. The zero-order valence-electron chi connectivity index (χ0n) is 13.3. The second-order valence-corrected chi connectivity index (χ2v) is 6.19. The molecule has 0 bridgehead atoms. The van der Waals surface area contributed by atoms with Gasteiger partial charge >= 0.3 is 0 Å². The highest BCUT2D eigenvalue weighted by Gasteiger charge is 2.17. The Morgan fingerprint density at radius 2 is 2.26 bits per heavy atom. The van der Waals surface area contributed by atoms with Crippen LogP contribution in [0, 0.1) is 12.5 Å². The molecule has 118 valence electrons. The normalized spacial score (nSPS) is 15.9. The van der Waals surface area contributed by atoms with E-state index in [0.717, 1.165) is 34.8 Å². The number of allylic oxidation sites excluding steroid dienone is 2. The van der Waals surface area contributed by atoms with E-state index in [-0.39, 0.29) is 11.5 Å². The number of nitrogens with one attached hydrogen (secondary N) is 1. The van der Waals surface area contributed by atoms with Crippen LogP contribution in [0.1, 0.15) is 43.9 Å². The van der Waals surface area contributed by atoms with E-state index in [0.29, 0.717) is 6.42 Å². The predicted octanol–water partition coefficient (Wildman–Crippen LogP) is 3.63. The van der Waals surface area contributed by atoms with E-state index in [2.05, 4.69) is 14.8 Å². The van der Waals surface area contributed by atoms with Crippen LogP contribution in [-0.4, -0.2) is 20.7 Å². The van der Waals surface area contributed by atoms with E-state index in [1.807, 2.05) is 12.4 Å². The van der Waals surface area contributed by atoms with Gasteiger partial charge in [0.15, 0.2) is 11.4 Å². The van der Waals surface area contributed by atoms with Crippen molar-refractivity contribution in [3.05, 3.63) is 46.8 Å². The van der Waals surface area contributed by atoms with Crippen molar-refractivity contribution in [1.82, 2.24) is 15.0 Å². The lowest BCUT2D eigenvalue weighted by molar-refractivity contribution is -0.113. The number of carbonyl (C=O) groups is 1. The largest absolute Gasteiger partial charge is 0.345 e. The maximum absolute atomic E-state index is 11.3. The van der Waals surface area contributed by atoms with Crippen molar-refractivity contribution in [1.29, 1.82) is 0 Å². The molecule has 0 radical (unpaired) electrons. The summed E-state index contributed by atoms with van der Waals surface area (Å²) in [6, 6.07) is 0. The number of rotatable bonds is 5. The molecule has 3 rings (SSSR count). The zero-order valence-corrected chi connectivity index (χ0v) is 13.3. The highest BCUT2D eigenvalue weighted by molar-refractivity contribution is 5.95. The molecule has 0 aromatic carbocycles. The van der Waals surface area contributed by atoms with Gasteiger partial charge in [-0.1, -0.05) is 31.8 Å². The third-order valence-electron chi connectivity index (χ3n) is 4.48. The SMILES string of the molecule is [C-]#[N+]/C(=C\Cc1c[nH]c2ncc(CC3CCCC3)nc12)C(C)=O. The second kappa shape index (κ2) is 6.74. The van der Waals surface area contributed by atoms with Crippen LogP contribution in [-0.2, 0) is 17.6 Å². The fraction of sp³-hybridized carbons (Fsp3) is 0.444. The molecular formula is C18H20N4O. The molecule has 5 nitrogen and oxygen atoms in total. The standard InChI is InChI=1S/C18H20N4O/c1-12(23)16(19-2)8-7-14-10-20-18-17(14)22-15(11-21-18)9-13-5-3-4-6-13/h8,10-11,13H,3-7,9H2,1H3,(H,20,21)/b16-8-. The Morgan fingerprint density at radius 1 is 1.48 bits per heavy atom. The summed E-state index contributed by atoms with van der Waals surface area (Å²) in [4.78, 5) is 26.9. The van der Waals surface area contributed by atoms with Crippen LogP contribution in [0.2, 0.25) is 0 Å². The fourth-order valence-corrected chi connectivity index (χ4v) is 3.22. The second-order valence-electron chi connectivity index (χ2n) is 6.19. The summed E-state index contributed by atoms with van der Waals surface area (Å²) in [7, 11) is 0. The molecule has 2 heterocycles. The maximum atomic E-state index is 11.3. The summed E-state index contributed by atoms with van der Waals surface area (Å²) >= 11 is 0. The summed E-state index contributed by atoms with van der Waals surface area (Å²) in [5, 5.41) is 0. The smallest absolute Gasteiger partial charge is 0.225 e. The number of hydrogen-bond acceptors (Lipinski definition) is 3. The van der Waals surface area contributed by atoms with Gasteiger partial charge in [0.1, 0.15) is 5.52 Å². The minimum atomic E-state index is -0.201. The Labute approximate surface area is 135 Å². The van der Waals surface area contributed by atoms with Gasteiger partial charge in [-0.25, -0.2) is 14.8 Å². The first kappa shape index (κ1) is 15.4. The quantitative estimate of drug-likeness (QED) is 0.677. The van der Waals surface area contributed by atoms with Crippen molar-refractivity contribution in [2.24, 2.45) is 5.92 Å². The lowest BCUT2D eigenvalue weighted by atomic mass is 10.0. The van der Waals surface area contributed by atoms with E-state index in [1.54, 1.807) is 6.08 Å². The summed E-state index contributed by atoms with van der Waals surface area (Å²) in [5.74, 6) is 0.531. The lowest BCUT2D eigenvalue weighted by Gasteiger charge is -2.07. The maximum Gasteiger partial charge on any atom is 0.225 e. The first-order valence-corrected chi connectivity index (χ1v) is 8.08. The average molecular weight is 308 g/mol. The van der Waals surface area contributed by atoms with E-state index >= 15 is 0 Å². The van der Waals surface area contributed by atoms with E-state index in [9.17, 15) is 4.79 Å². The third kappa shape index (κ3) is 3.48. The monoisotopic (exact) mass is 308 g/mol. The van der Waals surface area contributed by atoms with Crippen molar-refractivity contribution in [2.75, 3.05) is 0 Å². The molecule has 2 aromatic rings. The Bertz CT molecular complexity index is 791. The number of ketones is 1. The van der Waals surface area contributed by atoms with Gasteiger partial charge in [0.2, 0.25) is 5.70 Å². The van der Waals surface area contributed by atoms with Crippen LogP contribution in [0.25, 0.3) is 16.0 Å². The summed E-state index contributed by atoms with van der Waals surface area (Å²) < 4.78 is 0. The molecule has 0 spiro atoms. The van der Waals surface area contributed by atoms with Crippen LogP contribution in [0.15, 0.2) is 24.2 Å². The van der Waals surface area contributed by atoms with Gasteiger partial charge in [0.05, 0.1) is 18.5 Å². The first-order chi connectivity index (χ1) is 11.2. The van der Waals surface area contributed by atoms with Crippen LogP contribution < -0.4 is 0 Å². The van der Waals surface area contributed by atoms with E-state index in [4.69, 9.17) is 11.6 Å². The third-order valence-corrected chi connectivity index (χ3v) is 4.48. The number of aromatic nitrogens is 3. The Balaban J connectivity index is 1.83. The molecule has 0 saturated heterocycles. The highest BCUT2D eigenvalue weighted by atomic mass is 16.1. The number of carbonyl (C=O) groups excluding carboxylic acids is 1. The number of hydrogen-bond donors (Lipinski definition) is 1. The number of Topliss-reactive ketones (excluding diaryl/α,β-unsaturated/α-hetero) is 1. The minimum Gasteiger partial charge on any atom is -0.345 e. The topological polar surface area (TPSA) is 63.0 Å². The average Bonchev–Trinajstić information content (AvgIpc) is 3.17. The van der Waals surface area contributed by atoms with Gasteiger partial charge in [-0.3, -0.25) is 0 Å². The molecule has 1 aliphatic rings. The van der Waals surface area contributed by atoms with Gasteiger partial charge in [0, 0.05) is 11.8 Å². The van der Waals surface area contributed by atoms with Crippen molar-refractivity contribution >= 4 is 16.9 Å². The highest BCUT2D eigenvalue weighted by Crippen LogP contribution is 2.28. The number of nitrogens with zero attached hydrogens (tertiary/aromatic N) is 3. The van der Waals surface area contributed by atoms with Crippen molar-refractivity contribution < 1.29 is 4.79 Å². The molecule has 1 saturated carbocycles.